The monoisotopic (exact) mass is 412 g/mol. The third-order valence-electron chi connectivity index (χ3n) is 8.74. The average Bonchev–Trinajstić information content (AvgIpc) is 2.90. The van der Waals surface area contributed by atoms with Gasteiger partial charge in [-0.25, -0.2) is 0 Å². The van der Waals surface area contributed by atoms with Crippen LogP contribution in [0.2, 0.25) is 0 Å². The van der Waals surface area contributed by atoms with E-state index >= 15 is 0 Å². The lowest BCUT2D eigenvalue weighted by Crippen LogP contribution is -2.58. The molecule has 0 bridgehead atoms. The number of carbonyl (C=O) groups excluding carboxylic acids is 3. The average molecular weight is 413 g/mol. The van der Waals surface area contributed by atoms with Gasteiger partial charge in [-0.2, -0.15) is 0 Å². The Morgan fingerprint density at radius 1 is 1.17 bits per heavy atom. The summed E-state index contributed by atoms with van der Waals surface area (Å²) in [4.78, 5) is 37.2. The standard InChI is InChI=1S/C25H32O5/c1-14-11-20-18-13-22(29-6)21-12-17(28)7-9-23(21,4)19(18)8-10-24(20,5)25(14,15(2)26)30-16(3)27/h12-13,18-20H,1,7-11H2,2-6H3/t18-,19+,20+,23+,24-,25+/m0/s1. The lowest BCUT2D eigenvalue weighted by Gasteiger charge is -2.57. The molecule has 0 radical (unpaired) electrons. The fourth-order valence-electron chi connectivity index (χ4n) is 7.35. The van der Waals surface area contributed by atoms with Crippen LogP contribution in [-0.4, -0.2) is 30.2 Å². The predicted octanol–water partition coefficient (Wildman–Crippen LogP) is 4.33. The number of hydrogen-bond acceptors (Lipinski definition) is 5. The van der Waals surface area contributed by atoms with Gasteiger partial charge in [-0.15, -0.1) is 0 Å². The molecular weight excluding hydrogens is 380 g/mol. The van der Waals surface area contributed by atoms with Crippen LogP contribution < -0.4 is 0 Å². The van der Waals surface area contributed by atoms with E-state index in [9.17, 15) is 14.4 Å². The van der Waals surface area contributed by atoms with Crippen molar-refractivity contribution in [3.05, 3.63) is 35.6 Å². The Kier molecular flexibility index (Phi) is 4.68. The first-order chi connectivity index (χ1) is 14.0. The molecule has 4 aliphatic rings. The van der Waals surface area contributed by atoms with Crippen molar-refractivity contribution in [3.8, 4) is 0 Å². The number of rotatable bonds is 3. The van der Waals surface area contributed by atoms with Crippen LogP contribution in [0, 0.1) is 28.6 Å². The largest absolute Gasteiger partial charge is 0.497 e. The van der Waals surface area contributed by atoms with Gasteiger partial charge in [0.15, 0.2) is 17.2 Å². The third-order valence-corrected chi connectivity index (χ3v) is 8.74. The Hall–Kier alpha value is -2.17. The molecule has 0 saturated heterocycles. The minimum Gasteiger partial charge on any atom is -0.497 e. The van der Waals surface area contributed by atoms with Crippen LogP contribution >= 0.6 is 0 Å². The van der Waals surface area contributed by atoms with Gasteiger partial charge in [0.2, 0.25) is 0 Å². The molecule has 4 rings (SSSR count). The summed E-state index contributed by atoms with van der Waals surface area (Å²) in [6, 6.07) is 0. The molecule has 6 atom stereocenters. The molecule has 4 aliphatic carbocycles. The number of ether oxygens (including phenoxy) is 2. The number of esters is 1. The van der Waals surface area contributed by atoms with Gasteiger partial charge in [0.25, 0.3) is 0 Å². The molecule has 162 valence electrons. The summed E-state index contributed by atoms with van der Waals surface area (Å²) < 4.78 is 11.6. The fraction of sp³-hybridized carbons (Fsp3) is 0.640. The normalized spacial score (nSPS) is 42.4. The first kappa shape index (κ1) is 21.1. The zero-order valence-electron chi connectivity index (χ0n) is 18.7. The highest BCUT2D eigenvalue weighted by atomic mass is 16.6. The number of Topliss-reactive ketones (excluding diaryl/α,β-unsaturated/α-hetero) is 1. The lowest BCUT2D eigenvalue weighted by atomic mass is 9.47. The molecule has 2 fully saturated rings. The molecule has 0 aliphatic heterocycles. The van der Waals surface area contributed by atoms with Gasteiger partial charge < -0.3 is 9.47 Å². The van der Waals surface area contributed by atoms with Gasteiger partial charge >= 0.3 is 5.97 Å². The summed E-state index contributed by atoms with van der Waals surface area (Å²) >= 11 is 0. The fourth-order valence-corrected chi connectivity index (χ4v) is 7.35. The van der Waals surface area contributed by atoms with Crippen LogP contribution in [-0.2, 0) is 23.9 Å². The molecule has 0 aromatic carbocycles. The highest BCUT2D eigenvalue weighted by Gasteiger charge is 2.69. The lowest BCUT2D eigenvalue weighted by molar-refractivity contribution is -0.179. The molecule has 2 saturated carbocycles. The van der Waals surface area contributed by atoms with Crippen molar-refractivity contribution >= 4 is 17.5 Å². The second-order valence-electron chi connectivity index (χ2n) is 10.1. The number of hydrogen-bond donors (Lipinski definition) is 0. The van der Waals surface area contributed by atoms with Crippen molar-refractivity contribution in [2.75, 3.05) is 7.11 Å². The molecule has 5 heteroatoms. The molecule has 0 unspecified atom stereocenters. The summed E-state index contributed by atoms with van der Waals surface area (Å²) in [5, 5.41) is 0. The van der Waals surface area contributed by atoms with E-state index in [1.807, 2.05) is 0 Å². The van der Waals surface area contributed by atoms with E-state index in [0.717, 1.165) is 30.6 Å². The van der Waals surface area contributed by atoms with Crippen molar-refractivity contribution in [1.82, 2.24) is 0 Å². The molecule has 0 aromatic rings. The Morgan fingerprint density at radius 2 is 1.87 bits per heavy atom. The van der Waals surface area contributed by atoms with Crippen LogP contribution in [0.4, 0.5) is 0 Å². The number of allylic oxidation sites excluding steroid dienone is 3. The number of carbonyl (C=O) groups is 3. The van der Waals surface area contributed by atoms with Crippen LogP contribution in [0.25, 0.3) is 0 Å². The smallest absolute Gasteiger partial charge is 0.303 e. The van der Waals surface area contributed by atoms with Gasteiger partial charge in [-0.3, -0.25) is 14.4 Å². The summed E-state index contributed by atoms with van der Waals surface area (Å²) in [7, 11) is 1.65. The van der Waals surface area contributed by atoms with Crippen molar-refractivity contribution < 1.29 is 23.9 Å². The van der Waals surface area contributed by atoms with Crippen molar-refractivity contribution in [2.24, 2.45) is 28.6 Å². The summed E-state index contributed by atoms with van der Waals surface area (Å²) in [6.07, 6.45) is 7.62. The van der Waals surface area contributed by atoms with Crippen molar-refractivity contribution in [1.29, 1.82) is 0 Å². The van der Waals surface area contributed by atoms with E-state index in [2.05, 4.69) is 26.5 Å². The Bertz CT molecular complexity index is 910. The number of ketones is 2. The maximum atomic E-state index is 13.0. The highest BCUT2D eigenvalue weighted by Crippen LogP contribution is 2.68. The minimum absolute atomic E-state index is 0.119. The highest BCUT2D eigenvalue weighted by molar-refractivity contribution is 5.93. The topological polar surface area (TPSA) is 69.7 Å². The van der Waals surface area contributed by atoms with Crippen LogP contribution in [0.15, 0.2) is 35.6 Å². The van der Waals surface area contributed by atoms with E-state index in [4.69, 9.17) is 9.47 Å². The van der Waals surface area contributed by atoms with E-state index in [1.165, 1.54) is 13.8 Å². The third kappa shape index (κ3) is 2.50. The van der Waals surface area contributed by atoms with Gasteiger partial charge in [0, 0.05) is 29.7 Å². The maximum Gasteiger partial charge on any atom is 0.303 e. The number of fused-ring (bicyclic) bond motifs is 5. The van der Waals surface area contributed by atoms with Crippen LogP contribution in [0.3, 0.4) is 0 Å². The van der Waals surface area contributed by atoms with E-state index in [0.29, 0.717) is 24.3 Å². The first-order valence-corrected chi connectivity index (χ1v) is 10.9. The quantitative estimate of drug-likeness (QED) is 0.510. The molecule has 5 nitrogen and oxygen atoms in total. The number of methoxy groups -OCH3 is 1. The zero-order chi connectivity index (χ0) is 22.1. The Balaban J connectivity index is 1.86. The minimum atomic E-state index is -1.27. The van der Waals surface area contributed by atoms with Crippen LogP contribution in [0.1, 0.15) is 59.8 Å². The van der Waals surface area contributed by atoms with Gasteiger partial charge in [0.1, 0.15) is 5.76 Å². The Morgan fingerprint density at radius 3 is 2.47 bits per heavy atom. The molecule has 0 N–H and O–H groups in total. The predicted molar refractivity (Wildman–Crippen MR) is 112 cm³/mol. The first-order valence-electron chi connectivity index (χ1n) is 10.9. The van der Waals surface area contributed by atoms with E-state index in [-0.39, 0.29) is 28.8 Å². The van der Waals surface area contributed by atoms with Gasteiger partial charge in [0.05, 0.1) is 7.11 Å². The SMILES string of the molecule is C=C1C[C@@H]2[C@H]3C=C(OC)C4=CC(=O)CC[C@]4(C)[C@@H]3CC[C@]2(C)[C@]1(OC(C)=O)C(C)=O. The molecular formula is C25H32O5. The van der Waals surface area contributed by atoms with E-state index < -0.39 is 17.0 Å². The van der Waals surface area contributed by atoms with Crippen molar-refractivity contribution in [2.45, 2.75) is 65.4 Å². The van der Waals surface area contributed by atoms with Crippen molar-refractivity contribution in [3.63, 3.8) is 0 Å². The maximum absolute atomic E-state index is 13.0. The van der Waals surface area contributed by atoms with Gasteiger partial charge in [-0.05, 0) is 68.1 Å². The molecule has 0 aromatic heterocycles. The summed E-state index contributed by atoms with van der Waals surface area (Å²) in [5.74, 6) is 0.971. The second-order valence-corrected chi connectivity index (χ2v) is 10.1. The molecule has 30 heavy (non-hydrogen) atoms. The van der Waals surface area contributed by atoms with Gasteiger partial charge in [-0.1, -0.05) is 20.4 Å². The summed E-state index contributed by atoms with van der Waals surface area (Å²) in [5.41, 5.74) is -0.198. The molecule has 0 spiro atoms. The van der Waals surface area contributed by atoms with E-state index in [1.54, 1.807) is 13.2 Å². The van der Waals surface area contributed by atoms with Crippen LogP contribution in [0.5, 0.6) is 0 Å². The zero-order valence-corrected chi connectivity index (χ0v) is 18.7. The Labute approximate surface area is 178 Å². The second kappa shape index (κ2) is 6.66. The molecule has 0 amide bonds. The summed E-state index contributed by atoms with van der Waals surface area (Å²) in [6.45, 7) is 11.5. The molecule has 0 heterocycles.